The van der Waals surface area contributed by atoms with Gasteiger partial charge in [0.05, 0.1) is 38.8 Å². The second-order valence-electron chi connectivity index (χ2n) is 9.43. The van der Waals surface area contributed by atoms with E-state index in [0.29, 0.717) is 48.0 Å². The quantitative estimate of drug-likeness (QED) is 0.276. The van der Waals surface area contributed by atoms with Crippen LogP contribution in [0.2, 0.25) is 0 Å². The van der Waals surface area contributed by atoms with E-state index in [0.717, 1.165) is 12.0 Å². The Morgan fingerprint density at radius 2 is 1.75 bits per heavy atom. The van der Waals surface area contributed by atoms with Gasteiger partial charge in [0.25, 0.3) is 0 Å². The van der Waals surface area contributed by atoms with Gasteiger partial charge in [-0.25, -0.2) is 14.4 Å². The molecule has 0 amide bonds. The van der Waals surface area contributed by atoms with Crippen LogP contribution in [0.4, 0.5) is 16.3 Å². The van der Waals surface area contributed by atoms with Crippen LogP contribution in [0.5, 0.6) is 11.5 Å². The maximum Gasteiger partial charge on any atom is 0.239 e. The van der Waals surface area contributed by atoms with E-state index in [1.807, 2.05) is 53.6 Å². The molecule has 1 aliphatic rings. The maximum atomic E-state index is 13.5. The van der Waals surface area contributed by atoms with E-state index >= 15 is 0 Å². The smallest absolute Gasteiger partial charge is 0.239 e. The first-order valence-corrected chi connectivity index (χ1v) is 13.7. The van der Waals surface area contributed by atoms with Crippen molar-refractivity contribution in [3.63, 3.8) is 0 Å². The number of hydrogen-bond donors (Lipinski definition) is 1. The minimum absolute atomic E-state index is 0.0557. The van der Waals surface area contributed by atoms with Crippen molar-refractivity contribution in [1.82, 2.24) is 29.7 Å². The van der Waals surface area contributed by atoms with Crippen molar-refractivity contribution in [3.05, 3.63) is 60.9 Å². The molecule has 1 N–H and O–H groups in total. The van der Waals surface area contributed by atoms with Gasteiger partial charge < -0.3 is 19.1 Å². The predicted molar refractivity (Wildman–Crippen MR) is 152 cm³/mol. The van der Waals surface area contributed by atoms with Crippen LogP contribution in [0.1, 0.15) is 20.3 Å². The molecule has 0 bridgehead atoms. The third-order valence-corrected chi connectivity index (χ3v) is 7.23. The molecule has 2 atom stereocenters. The van der Waals surface area contributed by atoms with E-state index in [9.17, 15) is 4.39 Å². The predicted octanol–water partition coefficient (Wildman–Crippen LogP) is 4.41. The van der Waals surface area contributed by atoms with Gasteiger partial charge in [-0.05, 0) is 56.5 Å². The Kier molecular flexibility index (Phi) is 8.60. The van der Waals surface area contributed by atoms with Crippen LogP contribution in [-0.2, 0) is 4.74 Å². The molecule has 1 fully saturated rings. The van der Waals surface area contributed by atoms with E-state index < -0.39 is 5.82 Å². The number of benzene rings is 1. The number of pyridine rings is 1. The number of anilines is 2. The van der Waals surface area contributed by atoms with Gasteiger partial charge in [-0.1, -0.05) is 6.07 Å². The minimum atomic E-state index is -0.473. The Hall–Kier alpha value is -3.97. The van der Waals surface area contributed by atoms with Crippen molar-refractivity contribution in [3.8, 4) is 28.6 Å². The van der Waals surface area contributed by atoms with E-state index in [1.54, 1.807) is 26.6 Å². The summed E-state index contributed by atoms with van der Waals surface area (Å²) in [5, 5.41) is 9.05. The van der Waals surface area contributed by atoms with Gasteiger partial charge >= 0.3 is 0 Å². The van der Waals surface area contributed by atoms with Gasteiger partial charge in [0.15, 0.2) is 11.6 Å². The summed E-state index contributed by atoms with van der Waals surface area (Å²) in [6.07, 6.45) is 6.58. The van der Waals surface area contributed by atoms with Crippen LogP contribution in [0, 0.1) is 5.82 Å². The van der Waals surface area contributed by atoms with Gasteiger partial charge in [-0.2, -0.15) is 0 Å². The molecule has 2 unspecified atom stereocenters. The number of para-hydroxylation sites is 1. The normalized spacial score (nSPS) is 17.2. The average molecular weight is 567 g/mol. The molecule has 210 valence electrons. The zero-order valence-electron chi connectivity index (χ0n) is 22.7. The number of aromatic nitrogens is 6. The monoisotopic (exact) mass is 566 g/mol. The Morgan fingerprint density at radius 1 is 1.00 bits per heavy atom. The molecule has 0 spiro atoms. The first kappa shape index (κ1) is 27.6. The number of nitrogens with zero attached hydrogens (tertiary/aromatic N) is 7. The lowest BCUT2D eigenvalue weighted by Crippen LogP contribution is -2.47. The molecule has 4 heterocycles. The fraction of sp³-hybridized carbons (Fsp3) is 0.370. The van der Waals surface area contributed by atoms with E-state index in [4.69, 9.17) is 14.2 Å². The van der Waals surface area contributed by atoms with E-state index in [-0.39, 0.29) is 17.5 Å². The number of rotatable bonds is 10. The summed E-state index contributed by atoms with van der Waals surface area (Å²) < 4.78 is 36.4. The highest BCUT2D eigenvalue weighted by Gasteiger charge is 2.31. The number of piperidine rings is 1. The lowest BCUT2D eigenvalue weighted by atomic mass is 10.1. The van der Waals surface area contributed by atoms with Gasteiger partial charge in [-0.3, -0.25) is 14.3 Å². The molecular formula is C27H31FN8O3S. The molecule has 11 nitrogen and oxygen atoms in total. The molecule has 1 saturated heterocycles. The number of nitrogens with one attached hydrogen (secondary N) is 1. The fourth-order valence-corrected chi connectivity index (χ4v) is 5.61. The highest BCUT2D eigenvalue weighted by atomic mass is 32.2. The zero-order chi connectivity index (χ0) is 28.1. The summed E-state index contributed by atoms with van der Waals surface area (Å²) >= 11 is 1.51. The summed E-state index contributed by atoms with van der Waals surface area (Å²) in [4.78, 5) is 14.7. The molecule has 0 aliphatic carbocycles. The van der Waals surface area contributed by atoms with Crippen LogP contribution in [0.15, 0.2) is 55.1 Å². The summed E-state index contributed by atoms with van der Waals surface area (Å²) in [5.74, 6) is 2.25. The zero-order valence-corrected chi connectivity index (χ0v) is 23.5. The van der Waals surface area contributed by atoms with Crippen LogP contribution >= 0.6 is 11.9 Å². The fourth-order valence-electron chi connectivity index (χ4n) is 4.64. The van der Waals surface area contributed by atoms with Crippen molar-refractivity contribution >= 4 is 23.8 Å². The van der Waals surface area contributed by atoms with Crippen molar-refractivity contribution in [2.75, 3.05) is 36.9 Å². The van der Waals surface area contributed by atoms with Gasteiger partial charge in [0.1, 0.15) is 17.2 Å². The Morgan fingerprint density at radius 3 is 2.40 bits per heavy atom. The van der Waals surface area contributed by atoms with Gasteiger partial charge in [-0.15, -0.1) is 10.2 Å². The Labute approximate surface area is 236 Å². The van der Waals surface area contributed by atoms with E-state index in [2.05, 4.69) is 29.9 Å². The lowest BCUT2D eigenvalue weighted by Gasteiger charge is -2.37. The molecule has 0 saturated carbocycles. The third kappa shape index (κ3) is 6.10. The molecule has 5 rings (SSSR count). The summed E-state index contributed by atoms with van der Waals surface area (Å²) in [6, 6.07) is 9.34. The second-order valence-corrected chi connectivity index (χ2v) is 10.5. The second kappa shape index (κ2) is 12.5. The number of halogens is 1. The molecule has 40 heavy (non-hydrogen) atoms. The number of methoxy groups -OCH3 is 2. The highest BCUT2D eigenvalue weighted by Crippen LogP contribution is 2.38. The Balaban J connectivity index is 1.46. The average Bonchev–Trinajstić information content (AvgIpc) is 3.39. The topological polar surface area (TPSA) is 112 Å². The van der Waals surface area contributed by atoms with Crippen molar-refractivity contribution < 1.29 is 18.6 Å². The van der Waals surface area contributed by atoms with Gasteiger partial charge in [0.2, 0.25) is 11.9 Å². The largest absolute Gasteiger partial charge is 0.494 e. The first-order valence-electron chi connectivity index (χ1n) is 12.8. The molecule has 1 aromatic carbocycles. The van der Waals surface area contributed by atoms with Crippen molar-refractivity contribution in [1.29, 1.82) is 0 Å². The van der Waals surface area contributed by atoms with Crippen LogP contribution in [0.3, 0.4) is 0 Å². The molecular weight excluding hydrogens is 535 g/mol. The minimum Gasteiger partial charge on any atom is -0.494 e. The molecule has 1 aliphatic heterocycles. The van der Waals surface area contributed by atoms with Crippen molar-refractivity contribution in [2.24, 2.45) is 0 Å². The molecule has 4 aromatic rings. The van der Waals surface area contributed by atoms with Crippen molar-refractivity contribution in [2.45, 2.75) is 37.7 Å². The highest BCUT2D eigenvalue weighted by molar-refractivity contribution is 8.01. The first-order chi connectivity index (χ1) is 19.5. The SMILES string of the molecule is COc1cccc(OC)c1-n1c(NSC2CC(OC(C)C)CN(c3ncc(F)cn3)C2)nnc1-c1cccnc1. The van der Waals surface area contributed by atoms with E-state index in [1.165, 1.54) is 24.3 Å². The summed E-state index contributed by atoms with van der Waals surface area (Å²) in [5.41, 5.74) is 1.44. The third-order valence-electron chi connectivity index (χ3n) is 6.25. The molecule has 13 heteroatoms. The molecule has 3 aromatic heterocycles. The van der Waals surface area contributed by atoms with Crippen LogP contribution in [-0.4, -0.2) is 74.5 Å². The summed E-state index contributed by atoms with van der Waals surface area (Å²) in [7, 11) is 3.22. The Bertz CT molecular complexity index is 1380. The summed E-state index contributed by atoms with van der Waals surface area (Å²) in [6.45, 7) is 5.26. The van der Waals surface area contributed by atoms with Gasteiger partial charge in [0, 0.05) is 36.3 Å². The van der Waals surface area contributed by atoms with Crippen LogP contribution < -0.4 is 19.1 Å². The molecule has 0 radical (unpaired) electrons. The number of ether oxygens (including phenoxy) is 3. The standard InChI is InChI=1S/C27H31FN8O3S/c1-17(2)39-20-11-21(16-35(15-20)26-30-13-19(28)14-31-26)40-34-27-33-32-25(18-7-6-10-29-12-18)36(27)24-22(37-3)8-5-9-23(24)38-4/h5-10,12-14,17,20-21H,11,15-16H2,1-4H3,(H,33,34). The number of hydrogen-bond acceptors (Lipinski definition) is 11. The van der Waals surface area contributed by atoms with Crippen LogP contribution in [0.25, 0.3) is 17.1 Å². The maximum absolute atomic E-state index is 13.5. The lowest BCUT2D eigenvalue weighted by molar-refractivity contribution is 0.00197.